The summed E-state index contributed by atoms with van der Waals surface area (Å²) in [6, 6.07) is 15.1. The number of carbonyl (C=O) groups excluding carboxylic acids is 1. The fourth-order valence-corrected chi connectivity index (χ4v) is 3.03. The van der Waals surface area contributed by atoms with Crippen LogP contribution in [0.2, 0.25) is 0 Å². The van der Waals surface area contributed by atoms with E-state index in [4.69, 9.17) is 18.3 Å². The van der Waals surface area contributed by atoms with Crippen molar-refractivity contribution >= 4 is 16.9 Å². The first-order valence-electron chi connectivity index (χ1n) is 9.17. The summed E-state index contributed by atoms with van der Waals surface area (Å²) in [5.41, 5.74) is 3.17. The number of aromatic nitrogens is 2. The normalized spacial score (nSPS) is 12.2. The summed E-state index contributed by atoms with van der Waals surface area (Å²) in [6.07, 6.45) is -0.738. The summed E-state index contributed by atoms with van der Waals surface area (Å²) in [5, 5.41) is 8.87. The monoisotopic (exact) mass is 392 g/mol. The Balaban J connectivity index is 1.55. The van der Waals surface area contributed by atoms with Crippen LogP contribution in [0.4, 0.5) is 0 Å². The molecule has 2 aromatic heterocycles. The lowest BCUT2D eigenvalue weighted by Gasteiger charge is -2.09. The van der Waals surface area contributed by atoms with Crippen LogP contribution >= 0.6 is 0 Å². The lowest BCUT2D eigenvalue weighted by Crippen LogP contribution is -2.11. The van der Waals surface area contributed by atoms with E-state index in [1.807, 2.05) is 49.4 Å². The van der Waals surface area contributed by atoms with Crippen LogP contribution in [0.5, 0.6) is 0 Å². The van der Waals surface area contributed by atoms with Gasteiger partial charge >= 0.3 is 5.97 Å². The molecule has 0 unspecified atom stereocenters. The standard InChI is InChI=1S/C22H20N2O5/c1-13-8-10-15(11-9-13)21-24-23-20(29-21)14(2)27-22(25)19-17(12-26-3)16-6-4-5-7-18(16)28-19/h4-11,14H,12H2,1-3H3/t14-/m0/s1. The molecule has 0 saturated heterocycles. The molecule has 0 aliphatic rings. The Kier molecular flexibility index (Phi) is 5.14. The molecule has 0 saturated carbocycles. The molecule has 7 nitrogen and oxygen atoms in total. The van der Waals surface area contributed by atoms with E-state index in [1.165, 1.54) is 0 Å². The van der Waals surface area contributed by atoms with E-state index in [2.05, 4.69) is 10.2 Å². The van der Waals surface area contributed by atoms with Crippen molar-refractivity contribution in [3.05, 3.63) is 71.3 Å². The molecule has 148 valence electrons. The zero-order chi connectivity index (χ0) is 20.4. The van der Waals surface area contributed by atoms with Gasteiger partial charge in [0.1, 0.15) is 5.58 Å². The summed E-state index contributed by atoms with van der Waals surface area (Å²) in [4.78, 5) is 12.7. The summed E-state index contributed by atoms with van der Waals surface area (Å²) < 4.78 is 22.2. The second-order valence-electron chi connectivity index (χ2n) is 6.70. The van der Waals surface area contributed by atoms with Crippen LogP contribution in [0.3, 0.4) is 0 Å². The van der Waals surface area contributed by atoms with Crippen LogP contribution in [-0.4, -0.2) is 23.3 Å². The summed E-state index contributed by atoms with van der Waals surface area (Å²) >= 11 is 0. The van der Waals surface area contributed by atoms with Crippen molar-refractivity contribution in [2.45, 2.75) is 26.6 Å². The lowest BCUT2D eigenvalue weighted by atomic mass is 10.1. The van der Waals surface area contributed by atoms with E-state index in [0.29, 0.717) is 17.0 Å². The van der Waals surface area contributed by atoms with Crippen LogP contribution < -0.4 is 0 Å². The van der Waals surface area contributed by atoms with Gasteiger partial charge in [-0.1, -0.05) is 35.9 Å². The van der Waals surface area contributed by atoms with E-state index >= 15 is 0 Å². The van der Waals surface area contributed by atoms with Gasteiger partial charge in [0.25, 0.3) is 5.89 Å². The van der Waals surface area contributed by atoms with Crippen molar-refractivity contribution < 1.29 is 23.1 Å². The number of fused-ring (bicyclic) bond motifs is 1. The van der Waals surface area contributed by atoms with E-state index in [-0.39, 0.29) is 18.3 Å². The zero-order valence-electron chi connectivity index (χ0n) is 16.3. The van der Waals surface area contributed by atoms with E-state index in [0.717, 1.165) is 16.5 Å². The van der Waals surface area contributed by atoms with E-state index in [1.54, 1.807) is 20.1 Å². The van der Waals surface area contributed by atoms with Crippen molar-refractivity contribution in [3.8, 4) is 11.5 Å². The first-order valence-corrected chi connectivity index (χ1v) is 9.17. The van der Waals surface area contributed by atoms with Gasteiger partial charge in [-0.05, 0) is 32.0 Å². The maximum Gasteiger partial charge on any atom is 0.375 e. The number of hydrogen-bond acceptors (Lipinski definition) is 7. The number of carbonyl (C=O) groups is 1. The molecule has 0 aliphatic carbocycles. The highest BCUT2D eigenvalue weighted by atomic mass is 16.6. The number of ether oxygens (including phenoxy) is 2. The van der Waals surface area contributed by atoms with Gasteiger partial charge in [-0.15, -0.1) is 10.2 Å². The molecule has 7 heteroatoms. The Morgan fingerprint density at radius 1 is 1.07 bits per heavy atom. The Labute approximate surface area is 167 Å². The number of furan rings is 1. The third-order valence-corrected chi connectivity index (χ3v) is 4.54. The average Bonchev–Trinajstić information content (AvgIpc) is 3.35. The molecule has 4 rings (SSSR count). The van der Waals surface area contributed by atoms with Crippen LogP contribution in [0.1, 0.15) is 40.6 Å². The van der Waals surface area contributed by atoms with Crippen LogP contribution in [0.25, 0.3) is 22.4 Å². The third-order valence-electron chi connectivity index (χ3n) is 4.54. The minimum Gasteiger partial charge on any atom is -0.449 e. The molecule has 29 heavy (non-hydrogen) atoms. The predicted octanol–water partition coefficient (Wildman–Crippen LogP) is 4.86. The molecule has 0 spiro atoms. The number of esters is 1. The Hall–Kier alpha value is -3.45. The van der Waals surface area contributed by atoms with Crippen molar-refractivity contribution in [1.29, 1.82) is 0 Å². The molecule has 0 fully saturated rings. The Bertz CT molecular complexity index is 1140. The number of hydrogen-bond donors (Lipinski definition) is 0. The molecule has 4 aromatic rings. The molecule has 0 N–H and O–H groups in total. The average molecular weight is 392 g/mol. The number of nitrogens with zero attached hydrogens (tertiary/aromatic N) is 2. The molecular formula is C22H20N2O5. The van der Waals surface area contributed by atoms with Crippen LogP contribution in [-0.2, 0) is 16.1 Å². The highest BCUT2D eigenvalue weighted by Gasteiger charge is 2.26. The smallest absolute Gasteiger partial charge is 0.375 e. The number of rotatable bonds is 6. The minimum atomic E-state index is -0.738. The largest absolute Gasteiger partial charge is 0.449 e. The highest BCUT2D eigenvalue weighted by molar-refractivity contribution is 5.96. The number of benzene rings is 2. The molecule has 2 aromatic carbocycles. The fraction of sp³-hybridized carbons (Fsp3) is 0.227. The van der Waals surface area contributed by atoms with Gasteiger partial charge < -0.3 is 18.3 Å². The molecule has 0 bridgehead atoms. The molecule has 1 atom stereocenters. The summed E-state index contributed by atoms with van der Waals surface area (Å²) in [7, 11) is 1.56. The number of aryl methyl sites for hydroxylation is 1. The van der Waals surface area contributed by atoms with Gasteiger partial charge in [0.2, 0.25) is 11.7 Å². The van der Waals surface area contributed by atoms with Gasteiger partial charge in [-0.25, -0.2) is 4.79 Å². The third kappa shape index (κ3) is 3.77. The molecule has 0 amide bonds. The number of para-hydroxylation sites is 1. The van der Waals surface area contributed by atoms with Gasteiger partial charge in [0, 0.05) is 23.6 Å². The van der Waals surface area contributed by atoms with Crippen LogP contribution in [0, 0.1) is 6.92 Å². The lowest BCUT2D eigenvalue weighted by molar-refractivity contribution is 0.0241. The van der Waals surface area contributed by atoms with Crippen molar-refractivity contribution in [3.63, 3.8) is 0 Å². The molecular weight excluding hydrogens is 372 g/mol. The van der Waals surface area contributed by atoms with Gasteiger partial charge in [-0.3, -0.25) is 0 Å². The van der Waals surface area contributed by atoms with Crippen molar-refractivity contribution in [2.24, 2.45) is 0 Å². The molecule has 2 heterocycles. The summed E-state index contributed by atoms with van der Waals surface area (Å²) in [6.45, 7) is 3.90. The fourth-order valence-electron chi connectivity index (χ4n) is 3.03. The summed E-state index contributed by atoms with van der Waals surface area (Å²) in [5.74, 6) is 0.0686. The minimum absolute atomic E-state index is 0.109. The zero-order valence-corrected chi connectivity index (χ0v) is 16.3. The highest BCUT2D eigenvalue weighted by Crippen LogP contribution is 2.29. The maximum absolute atomic E-state index is 12.7. The van der Waals surface area contributed by atoms with E-state index in [9.17, 15) is 4.79 Å². The first kappa shape index (κ1) is 18.9. The van der Waals surface area contributed by atoms with Gasteiger partial charge in [-0.2, -0.15) is 0 Å². The Morgan fingerprint density at radius 3 is 2.59 bits per heavy atom. The quantitative estimate of drug-likeness (QED) is 0.433. The van der Waals surface area contributed by atoms with Gasteiger partial charge in [0.15, 0.2) is 6.10 Å². The van der Waals surface area contributed by atoms with Crippen molar-refractivity contribution in [2.75, 3.05) is 7.11 Å². The Morgan fingerprint density at radius 2 is 1.83 bits per heavy atom. The SMILES string of the molecule is COCc1c(C(=O)O[C@@H](C)c2nnc(-c3ccc(C)cc3)o2)oc2ccccc12. The van der Waals surface area contributed by atoms with Crippen LogP contribution in [0.15, 0.2) is 57.4 Å². The van der Waals surface area contributed by atoms with Crippen molar-refractivity contribution in [1.82, 2.24) is 10.2 Å². The first-order chi connectivity index (χ1) is 14.1. The van der Waals surface area contributed by atoms with Gasteiger partial charge in [0.05, 0.1) is 6.61 Å². The second kappa shape index (κ2) is 7.89. The number of methoxy groups -OCH3 is 1. The maximum atomic E-state index is 12.7. The second-order valence-corrected chi connectivity index (χ2v) is 6.70. The van der Waals surface area contributed by atoms with E-state index < -0.39 is 12.1 Å². The predicted molar refractivity (Wildman–Crippen MR) is 105 cm³/mol. The molecule has 0 radical (unpaired) electrons. The topological polar surface area (TPSA) is 87.6 Å². The molecule has 0 aliphatic heterocycles.